The van der Waals surface area contributed by atoms with E-state index in [1.807, 2.05) is 12.2 Å². The van der Waals surface area contributed by atoms with Gasteiger partial charge in [-0.15, -0.1) is 0 Å². The minimum Gasteiger partial charge on any atom is -0.509 e. The number of hydrogen-bond acceptors (Lipinski definition) is 5. The lowest BCUT2D eigenvalue weighted by atomic mass is 9.76. The van der Waals surface area contributed by atoms with Gasteiger partial charge in [0.25, 0.3) is 0 Å². The monoisotopic (exact) mass is 362 g/mol. The summed E-state index contributed by atoms with van der Waals surface area (Å²) in [6.07, 6.45) is 6.61. The predicted octanol–water partition coefficient (Wildman–Crippen LogP) is 3.17. The van der Waals surface area contributed by atoms with Crippen LogP contribution in [0, 0.1) is 11.8 Å². The lowest BCUT2D eigenvalue weighted by Gasteiger charge is -2.32. The Labute approximate surface area is 155 Å². The minimum absolute atomic E-state index is 0.146. The molecular weight excluding hydrogens is 332 g/mol. The molecule has 0 heterocycles. The van der Waals surface area contributed by atoms with Gasteiger partial charge in [-0.1, -0.05) is 24.6 Å². The van der Waals surface area contributed by atoms with E-state index in [1.54, 1.807) is 13.8 Å². The molecule has 3 N–H and O–H groups in total. The Morgan fingerprint density at radius 3 is 2.81 bits per heavy atom. The van der Waals surface area contributed by atoms with Crippen molar-refractivity contribution in [1.82, 2.24) is 0 Å². The maximum absolute atomic E-state index is 12.2. The second-order valence-electron chi connectivity index (χ2n) is 7.91. The molecule has 5 nitrogen and oxygen atoms in total. The van der Waals surface area contributed by atoms with Crippen LogP contribution in [-0.4, -0.2) is 39.1 Å². The van der Waals surface area contributed by atoms with Crippen LogP contribution in [0.1, 0.15) is 59.3 Å². The Bertz CT molecular complexity index is 653. The molecule has 0 spiro atoms. The van der Waals surface area contributed by atoms with E-state index in [-0.39, 0.29) is 48.2 Å². The SMILES string of the molecule is C/C(C=O)=C\CC[C@H](C)C1=CC[C@@](C)(O)[C@@H]1CC1=C(O)[C@@H](O)CCC1=O. The second kappa shape index (κ2) is 8.31. The first kappa shape index (κ1) is 20.6. The fourth-order valence-electron chi connectivity index (χ4n) is 3.95. The third kappa shape index (κ3) is 4.51. The quantitative estimate of drug-likeness (QED) is 0.367. The molecule has 0 bridgehead atoms. The molecule has 4 atom stereocenters. The van der Waals surface area contributed by atoms with Crippen molar-refractivity contribution in [2.24, 2.45) is 11.8 Å². The van der Waals surface area contributed by atoms with E-state index in [0.717, 1.165) is 24.7 Å². The van der Waals surface area contributed by atoms with E-state index in [9.17, 15) is 24.9 Å². The van der Waals surface area contributed by atoms with Crippen LogP contribution >= 0.6 is 0 Å². The van der Waals surface area contributed by atoms with Gasteiger partial charge in [0, 0.05) is 17.9 Å². The molecule has 0 saturated heterocycles. The van der Waals surface area contributed by atoms with Crippen molar-refractivity contribution in [3.63, 3.8) is 0 Å². The molecule has 0 radical (unpaired) electrons. The molecule has 0 unspecified atom stereocenters. The lowest BCUT2D eigenvalue weighted by Crippen LogP contribution is -2.35. The predicted molar refractivity (Wildman–Crippen MR) is 99.6 cm³/mol. The topological polar surface area (TPSA) is 94.8 Å². The van der Waals surface area contributed by atoms with Gasteiger partial charge in [0.1, 0.15) is 18.1 Å². The number of Topliss-reactive ketones (excluding diaryl/α,β-unsaturated/α-hetero) is 1. The summed E-state index contributed by atoms with van der Waals surface area (Å²) >= 11 is 0. The molecule has 2 aliphatic rings. The Balaban J connectivity index is 2.16. The molecule has 0 aromatic rings. The molecule has 0 amide bonds. The molecule has 0 saturated carbocycles. The van der Waals surface area contributed by atoms with E-state index in [0.29, 0.717) is 12.0 Å². The normalized spacial score (nSPS) is 31.2. The number of carbonyl (C=O) groups is 2. The van der Waals surface area contributed by atoms with E-state index < -0.39 is 11.7 Å². The molecule has 0 fully saturated rings. The van der Waals surface area contributed by atoms with Crippen LogP contribution in [0.4, 0.5) is 0 Å². The Morgan fingerprint density at radius 2 is 2.15 bits per heavy atom. The number of allylic oxidation sites excluding steroid dienone is 3. The zero-order valence-electron chi connectivity index (χ0n) is 15.9. The summed E-state index contributed by atoms with van der Waals surface area (Å²) in [7, 11) is 0. The summed E-state index contributed by atoms with van der Waals surface area (Å²) in [5.74, 6) is -0.455. The first-order valence-electron chi connectivity index (χ1n) is 9.35. The van der Waals surface area contributed by atoms with Gasteiger partial charge in [-0.2, -0.15) is 0 Å². The fourth-order valence-corrected chi connectivity index (χ4v) is 3.95. The Kier molecular flexibility index (Phi) is 6.58. The number of carbonyl (C=O) groups excluding carboxylic acids is 2. The van der Waals surface area contributed by atoms with Crippen LogP contribution in [0.15, 0.2) is 34.6 Å². The zero-order valence-corrected chi connectivity index (χ0v) is 15.9. The number of rotatable bonds is 7. The average molecular weight is 362 g/mol. The van der Waals surface area contributed by atoms with Gasteiger partial charge in [-0.05, 0) is 57.4 Å². The first-order valence-corrected chi connectivity index (χ1v) is 9.35. The maximum Gasteiger partial charge on any atom is 0.162 e. The smallest absolute Gasteiger partial charge is 0.162 e. The number of aliphatic hydroxyl groups is 3. The van der Waals surface area contributed by atoms with E-state index in [4.69, 9.17) is 0 Å². The molecule has 5 heteroatoms. The van der Waals surface area contributed by atoms with Crippen LogP contribution in [0.25, 0.3) is 0 Å². The van der Waals surface area contributed by atoms with Crippen molar-refractivity contribution in [2.45, 2.75) is 71.0 Å². The van der Waals surface area contributed by atoms with Crippen molar-refractivity contribution in [1.29, 1.82) is 0 Å². The van der Waals surface area contributed by atoms with Gasteiger partial charge < -0.3 is 15.3 Å². The van der Waals surface area contributed by atoms with E-state index >= 15 is 0 Å². The fraction of sp³-hybridized carbons (Fsp3) is 0.619. The summed E-state index contributed by atoms with van der Waals surface area (Å²) in [5, 5.41) is 30.8. The van der Waals surface area contributed by atoms with Gasteiger partial charge >= 0.3 is 0 Å². The summed E-state index contributed by atoms with van der Waals surface area (Å²) in [6.45, 7) is 5.61. The minimum atomic E-state index is -0.990. The first-order chi connectivity index (χ1) is 12.2. The summed E-state index contributed by atoms with van der Waals surface area (Å²) in [5.41, 5.74) is 1.07. The highest BCUT2D eigenvalue weighted by molar-refractivity contribution is 5.96. The molecule has 2 aliphatic carbocycles. The van der Waals surface area contributed by atoms with Gasteiger partial charge in [0.15, 0.2) is 5.78 Å². The highest BCUT2D eigenvalue weighted by Gasteiger charge is 2.42. The third-order valence-electron chi connectivity index (χ3n) is 5.74. The van der Waals surface area contributed by atoms with Crippen molar-refractivity contribution < 1.29 is 24.9 Å². The van der Waals surface area contributed by atoms with Crippen LogP contribution in [0.3, 0.4) is 0 Å². The van der Waals surface area contributed by atoms with Gasteiger partial charge in [0.2, 0.25) is 0 Å². The molecule has 26 heavy (non-hydrogen) atoms. The summed E-state index contributed by atoms with van der Waals surface area (Å²) < 4.78 is 0. The summed E-state index contributed by atoms with van der Waals surface area (Å²) in [6, 6.07) is 0. The van der Waals surface area contributed by atoms with E-state index in [2.05, 4.69) is 6.92 Å². The largest absolute Gasteiger partial charge is 0.509 e. The molecule has 0 aliphatic heterocycles. The lowest BCUT2D eigenvalue weighted by molar-refractivity contribution is -0.117. The zero-order chi connectivity index (χ0) is 19.5. The Hall–Kier alpha value is -1.72. The summed E-state index contributed by atoms with van der Waals surface area (Å²) in [4.78, 5) is 22.9. The number of hydrogen-bond donors (Lipinski definition) is 3. The van der Waals surface area contributed by atoms with Crippen molar-refractivity contribution in [3.05, 3.63) is 34.6 Å². The maximum atomic E-state index is 12.2. The van der Waals surface area contributed by atoms with Gasteiger partial charge in [0.05, 0.1) is 5.60 Å². The molecular formula is C21H30O5. The van der Waals surface area contributed by atoms with E-state index in [1.165, 1.54) is 0 Å². The van der Waals surface area contributed by atoms with Gasteiger partial charge in [-0.25, -0.2) is 0 Å². The molecule has 144 valence electrons. The molecule has 0 aromatic carbocycles. The van der Waals surface area contributed by atoms with Crippen LogP contribution < -0.4 is 0 Å². The van der Waals surface area contributed by atoms with Crippen LogP contribution in [-0.2, 0) is 9.59 Å². The average Bonchev–Trinajstić information content (AvgIpc) is 2.89. The molecule has 2 rings (SSSR count). The van der Waals surface area contributed by atoms with Gasteiger partial charge in [-0.3, -0.25) is 9.59 Å². The number of aliphatic hydroxyl groups excluding tert-OH is 2. The number of ketones is 1. The second-order valence-corrected chi connectivity index (χ2v) is 7.91. The van der Waals surface area contributed by atoms with Crippen LogP contribution in [0.2, 0.25) is 0 Å². The third-order valence-corrected chi connectivity index (χ3v) is 5.74. The van der Waals surface area contributed by atoms with Crippen molar-refractivity contribution in [2.75, 3.05) is 0 Å². The highest BCUT2D eigenvalue weighted by atomic mass is 16.3. The number of aldehydes is 1. The highest BCUT2D eigenvalue weighted by Crippen LogP contribution is 2.44. The Morgan fingerprint density at radius 1 is 1.46 bits per heavy atom. The van der Waals surface area contributed by atoms with Crippen LogP contribution in [0.5, 0.6) is 0 Å². The van der Waals surface area contributed by atoms with Crippen molar-refractivity contribution in [3.8, 4) is 0 Å². The van der Waals surface area contributed by atoms with Crippen molar-refractivity contribution >= 4 is 12.1 Å². The molecule has 0 aromatic heterocycles. The standard InChI is InChI=1S/C21H30O5/c1-13(12-22)5-4-6-14(2)15-9-10-21(3,26)17(15)11-16-18(23)7-8-19(24)20(16)25/h5,9,12,14,17,19,24-26H,4,6-8,10-11H2,1-3H3/b13-5+/t14-,17+,19-,21+/m0/s1.